The summed E-state index contributed by atoms with van der Waals surface area (Å²) >= 11 is 0. The second kappa shape index (κ2) is 6.52. The highest BCUT2D eigenvalue weighted by atomic mass is 19.4. The van der Waals surface area contributed by atoms with Gasteiger partial charge in [-0.2, -0.15) is 13.2 Å². The quantitative estimate of drug-likeness (QED) is 0.928. The van der Waals surface area contributed by atoms with E-state index in [1.165, 1.54) is 0 Å². The van der Waals surface area contributed by atoms with Crippen molar-refractivity contribution in [3.63, 3.8) is 0 Å². The number of halogens is 3. The third-order valence-corrected chi connectivity index (χ3v) is 4.03. The first-order valence-electron chi connectivity index (χ1n) is 7.84. The first kappa shape index (κ1) is 16.9. The number of rotatable bonds is 3. The molecule has 1 unspecified atom stereocenters. The van der Waals surface area contributed by atoms with Gasteiger partial charge in [-0.25, -0.2) is 9.97 Å². The van der Waals surface area contributed by atoms with Gasteiger partial charge < -0.3 is 10.0 Å². The summed E-state index contributed by atoms with van der Waals surface area (Å²) in [5.74, 6) is -0.785. The number of alkyl halides is 3. The smallest absolute Gasteiger partial charge is 0.392 e. The predicted molar refractivity (Wildman–Crippen MR) is 84.9 cm³/mol. The molecule has 24 heavy (non-hydrogen) atoms. The van der Waals surface area contributed by atoms with E-state index in [2.05, 4.69) is 14.9 Å². The molecule has 0 spiro atoms. The SMILES string of the molecule is CC(O)CN1CCN(c2nc(C(F)(F)F)nc3ccccc23)CC1. The van der Waals surface area contributed by atoms with Gasteiger partial charge in [-0.3, -0.25) is 4.90 Å². The van der Waals surface area contributed by atoms with Crippen LogP contribution in [0.3, 0.4) is 0 Å². The molecule has 0 bridgehead atoms. The fourth-order valence-electron chi connectivity index (χ4n) is 2.94. The van der Waals surface area contributed by atoms with Crippen LogP contribution in [0.15, 0.2) is 24.3 Å². The van der Waals surface area contributed by atoms with Crippen LogP contribution in [-0.2, 0) is 6.18 Å². The minimum atomic E-state index is -4.58. The maximum absolute atomic E-state index is 13.1. The number of fused-ring (bicyclic) bond motifs is 1. The molecule has 2 heterocycles. The Morgan fingerprint density at radius 3 is 2.42 bits per heavy atom. The lowest BCUT2D eigenvalue weighted by Crippen LogP contribution is -2.48. The summed E-state index contributed by atoms with van der Waals surface area (Å²) in [6, 6.07) is 6.75. The Kier molecular flexibility index (Phi) is 4.60. The number of aromatic nitrogens is 2. The summed E-state index contributed by atoms with van der Waals surface area (Å²) in [5.41, 5.74) is 0.293. The molecule has 1 aromatic carbocycles. The zero-order valence-electron chi connectivity index (χ0n) is 13.3. The Morgan fingerprint density at radius 2 is 1.79 bits per heavy atom. The standard InChI is InChI=1S/C16H19F3N4O/c1-11(24)10-22-6-8-23(9-7-22)14-12-4-2-3-5-13(12)20-15(21-14)16(17,18)19/h2-5,11,24H,6-10H2,1H3. The molecule has 0 saturated carbocycles. The maximum atomic E-state index is 13.1. The molecular weight excluding hydrogens is 321 g/mol. The number of β-amino-alcohol motifs (C(OH)–C–C–N with tert-alkyl or cyclic N) is 1. The first-order chi connectivity index (χ1) is 11.3. The van der Waals surface area contributed by atoms with Gasteiger partial charge in [0.2, 0.25) is 5.82 Å². The molecule has 1 atom stereocenters. The molecule has 0 aliphatic carbocycles. The molecule has 1 aliphatic heterocycles. The van der Waals surface area contributed by atoms with Crippen LogP contribution >= 0.6 is 0 Å². The molecular formula is C16H19F3N4O. The van der Waals surface area contributed by atoms with Crippen molar-refractivity contribution in [3.05, 3.63) is 30.1 Å². The Hall–Kier alpha value is -1.93. The Balaban J connectivity index is 1.91. The van der Waals surface area contributed by atoms with E-state index in [4.69, 9.17) is 0 Å². The van der Waals surface area contributed by atoms with Gasteiger partial charge in [0.1, 0.15) is 5.82 Å². The molecule has 1 aromatic heterocycles. The number of benzene rings is 1. The van der Waals surface area contributed by atoms with Gasteiger partial charge in [0.15, 0.2) is 0 Å². The lowest BCUT2D eigenvalue weighted by molar-refractivity contribution is -0.144. The number of para-hydroxylation sites is 1. The van der Waals surface area contributed by atoms with E-state index in [9.17, 15) is 18.3 Å². The molecule has 1 fully saturated rings. The van der Waals surface area contributed by atoms with Crippen molar-refractivity contribution in [1.82, 2.24) is 14.9 Å². The summed E-state index contributed by atoms with van der Waals surface area (Å²) in [7, 11) is 0. The van der Waals surface area contributed by atoms with Crippen LogP contribution in [0, 0.1) is 0 Å². The van der Waals surface area contributed by atoms with Crippen molar-refractivity contribution < 1.29 is 18.3 Å². The summed E-state index contributed by atoms with van der Waals surface area (Å²) < 4.78 is 39.3. The lowest BCUT2D eigenvalue weighted by atomic mass is 10.2. The van der Waals surface area contributed by atoms with Crippen molar-refractivity contribution in [2.45, 2.75) is 19.2 Å². The number of anilines is 1. The van der Waals surface area contributed by atoms with E-state index in [0.717, 1.165) is 0 Å². The van der Waals surface area contributed by atoms with Crippen molar-refractivity contribution in [2.24, 2.45) is 0 Å². The highest BCUT2D eigenvalue weighted by Gasteiger charge is 2.36. The second-order valence-corrected chi connectivity index (χ2v) is 6.02. The zero-order valence-corrected chi connectivity index (χ0v) is 13.3. The van der Waals surface area contributed by atoms with E-state index < -0.39 is 18.1 Å². The number of nitrogens with zero attached hydrogens (tertiary/aromatic N) is 4. The number of aliphatic hydroxyl groups is 1. The molecule has 130 valence electrons. The van der Waals surface area contributed by atoms with Crippen LogP contribution in [0.25, 0.3) is 10.9 Å². The van der Waals surface area contributed by atoms with E-state index in [0.29, 0.717) is 49.4 Å². The van der Waals surface area contributed by atoms with Crippen LogP contribution in [0.4, 0.5) is 19.0 Å². The first-order valence-corrected chi connectivity index (χ1v) is 7.84. The molecule has 1 aliphatic rings. The monoisotopic (exact) mass is 340 g/mol. The highest BCUT2D eigenvalue weighted by Crippen LogP contribution is 2.32. The fraction of sp³-hybridized carbons (Fsp3) is 0.500. The van der Waals surface area contributed by atoms with Gasteiger partial charge in [0.05, 0.1) is 11.6 Å². The van der Waals surface area contributed by atoms with Crippen molar-refractivity contribution in [3.8, 4) is 0 Å². The van der Waals surface area contributed by atoms with E-state index >= 15 is 0 Å². The largest absolute Gasteiger partial charge is 0.451 e. The van der Waals surface area contributed by atoms with E-state index in [-0.39, 0.29) is 0 Å². The lowest BCUT2D eigenvalue weighted by Gasteiger charge is -2.36. The molecule has 0 amide bonds. The highest BCUT2D eigenvalue weighted by molar-refractivity contribution is 5.89. The van der Waals surface area contributed by atoms with Crippen LogP contribution < -0.4 is 4.90 Å². The average molecular weight is 340 g/mol. The minimum Gasteiger partial charge on any atom is -0.392 e. The molecule has 5 nitrogen and oxygen atoms in total. The van der Waals surface area contributed by atoms with Gasteiger partial charge in [-0.05, 0) is 19.1 Å². The number of aliphatic hydroxyl groups excluding tert-OH is 1. The average Bonchev–Trinajstić information content (AvgIpc) is 2.53. The van der Waals surface area contributed by atoms with E-state index in [1.54, 1.807) is 31.2 Å². The zero-order chi connectivity index (χ0) is 17.3. The van der Waals surface area contributed by atoms with Gasteiger partial charge in [-0.15, -0.1) is 0 Å². The summed E-state index contributed by atoms with van der Waals surface area (Å²) in [6.07, 6.45) is -5.00. The second-order valence-electron chi connectivity index (χ2n) is 6.02. The minimum absolute atomic E-state index is 0.293. The summed E-state index contributed by atoms with van der Waals surface area (Å²) in [5, 5.41) is 10.1. The molecule has 1 saturated heterocycles. The number of hydrogen-bond donors (Lipinski definition) is 1. The van der Waals surface area contributed by atoms with Crippen molar-refractivity contribution in [1.29, 1.82) is 0 Å². The molecule has 1 N–H and O–H groups in total. The maximum Gasteiger partial charge on any atom is 0.451 e. The number of hydrogen-bond acceptors (Lipinski definition) is 5. The Labute approximate surface area is 137 Å². The normalized spacial score (nSPS) is 18.1. The predicted octanol–water partition coefficient (Wildman–Crippen LogP) is 2.15. The molecule has 3 rings (SSSR count). The Bertz CT molecular complexity index is 712. The van der Waals surface area contributed by atoms with Gasteiger partial charge in [-0.1, -0.05) is 12.1 Å². The van der Waals surface area contributed by atoms with Gasteiger partial charge >= 0.3 is 6.18 Å². The third-order valence-electron chi connectivity index (χ3n) is 4.03. The Morgan fingerprint density at radius 1 is 1.12 bits per heavy atom. The van der Waals surface area contributed by atoms with E-state index in [1.807, 2.05) is 4.90 Å². The summed E-state index contributed by atoms with van der Waals surface area (Å²) in [6.45, 7) is 4.75. The molecule has 8 heteroatoms. The van der Waals surface area contributed by atoms with Gasteiger partial charge in [0, 0.05) is 38.1 Å². The van der Waals surface area contributed by atoms with Gasteiger partial charge in [0.25, 0.3) is 0 Å². The number of piperazine rings is 1. The van der Waals surface area contributed by atoms with Crippen molar-refractivity contribution >= 4 is 16.7 Å². The molecule has 0 radical (unpaired) electrons. The van der Waals surface area contributed by atoms with Crippen molar-refractivity contribution in [2.75, 3.05) is 37.6 Å². The van der Waals surface area contributed by atoms with Crippen LogP contribution in [0.1, 0.15) is 12.7 Å². The molecule has 2 aromatic rings. The topological polar surface area (TPSA) is 52.5 Å². The fourth-order valence-corrected chi connectivity index (χ4v) is 2.94. The third kappa shape index (κ3) is 3.59. The van der Waals surface area contributed by atoms with Crippen LogP contribution in [-0.4, -0.2) is 58.8 Å². The summed E-state index contributed by atoms with van der Waals surface area (Å²) in [4.78, 5) is 11.4. The van der Waals surface area contributed by atoms with Crippen LogP contribution in [0.2, 0.25) is 0 Å². The van der Waals surface area contributed by atoms with Crippen LogP contribution in [0.5, 0.6) is 0 Å².